The maximum absolute atomic E-state index is 14.3. The summed E-state index contributed by atoms with van der Waals surface area (Å²) in [4.78, 5) is 79.0. The number of carbonyl (C=O) groups is 6. The van der Waals surface area contributed by atoms with Crippen LogP contribution in [0.1, 0.15) is 39.0 Å². The molecule has 0 bridgehead atoms. The molecule has 1 unspecified atom stereocenters. The minimum absolute atomic E-state index is 0.227. The second-order valence-electron chi connectivity index (χ2n) is 15.6. The molecule has 2 heterocycles. The summed E-state index contributed by atoms with van der Waals surface area (Å²) in [6.07, 6.45) is 8.49. The number of thioether (sulfide) groups is 1. The lowest BCUT2D eigenvalue weighted by atomic mass is 10.1. The smallest absolute Gasteiger partial charge is 0.338 e. The van der Waals surface area contributed by atoms with Gasteiger partial charge in [-0.15, -0.1) is 15.9 Å². The van der Waals surface area contributed by atoms with Crippen LogP contribution in [0.25, 0.3) is 5.57 Å². The number of esters is 4. The van der Waals surface area contributed by atoms with Crippen molar-refractivity contribution in [1.82, 2.24) is 4.58 Å². The number of hydrogen-bond acceptors (Lipinski definition) is 14. The highest BCUT2D eigenvalue weighted by Gasteiger charge is 2.37. The molecule has 3 aliphatic rings. The molecule has 68 heavy (non-hydrogen) atoms. The van der Waals surface area contributed by atoms with E-state index in [9.17, 15) is 33.9 Å². The lowest BCUT2D eigenvalue weighted by Gasteiger charge is -2.27. The molecule has 15 heteroatoms. The summed E-state index contributed by atoms with van der Waals surface area (Å²) >= 11 is 2.23. The van der Waals surface area contributed by atoms with Crippen LogP contribution in [0.5, 0.6) is 17.2 Å². The van der Waals surface area contributed by atoms with Crippen LogP contribution in [0, 0.1) is 0 Å². The Balaban J connectivity index is 1.24. The van der Waals surface area contributed by atoms with Gasteiger partial charge in [-0.2, -0.15) is 0 Å². The number of ether oxygens (including phenoxy) is 4. The predicted molar refractivity (Wildman–Crippen MR) is 261 cm³/mol. The Morgan fingerprint density at radius 3 is 1.59 bits per heavy atom. The highest BCUT2D eigenvalue weighted by Crippen LogP contribution is 2.44. The number of ketones is 2. The zero-order valence-corrected chi connectivity index (χ0v) is 38.9. The molecule has 0 radical (unpaired) electrons. The Morgan fingerprint density at radius 2 is 1.12 bits per heavy atom. The molecule has 4 aromatic rings. The van der Waals surface area contributed by atoms with Crippen LogP contribution in [-0.2, 0) is 33.5 Å². The molecule has 1 atom stereocenters. The van der Waals surface area contributed by atoms with Crippen molar-refractivity contribution in [3.8, 4) is 17.2 Å². The molecule has 0 saturated heterocycles. The van der Waals surface area contributed by atoms with Gasteiger partial charge in [0, 0.05) is 91.4 Å². The van der Waals surface area contributed by atoms with E-state index in [1.54, 1.807) is 123 Å². The third-order valence-electron chi connectivity index (χ3n) is 10.1. The molecular formula is C53H42N2O11S2. The average Bonchev–Trinajstić information content (AvgIpc) is 4.04. The normalized spacial score (nSPS) is 16.3. The molecule has 1 aliphatic heterocycles. The molecular weight excluding hydrogens is 905 g/mol. The lowest BCUT2D eigenvalue weighted by Crippen LogP contribution is -2.21. The zero-order valence-electron chi connectivity index (χ0n) is 37.3. The first-order valence-corrected chi connectivity index (χ1v) is 22.4. The van der Waals surface area contributed by atoms with Gasteiger partial charge in [0.05, 0.1) is 0 Å². The highest BCUT2D eigenvalue weighted by molar-refractivity contribution is 8.18. The quantitative estimate of drug-likeness (QED) is 0.0386. The van der Waals surface area contributed by atoms with Crippen LogP contribution < -0.4 is 28.8 Å². The molecule has 0 fully saturated rings. The minimum atomic E-state index is -0.947. The molecule has 342 valence electrons. The van der Waals surface area contributed by atoms with Gasteiger partial charge in [-0.25, -0.2) is 19.2 Å². The van der Waals surface area contributed by atoms with Crippen LogP contribution in [0.4, 0.5) is 22.1 Å². The van der Waals surface area contributed by atoms with Crippen molar-refractivity contribution < 1.29 is 52.8 Å². The molecule has 0 N–H and O–H groups in total. The maximum Gasteiger partial charge on any atom is 0.338 e. The van der Waals surface area contributed by atoms with Crippen LogP contribution in [-0.4, -0.2) is 46.6 Å². The Morgan fingerprint density at radius 1 is 0.632 bits per heavy atom. The van der Waals surface area contributed by atoms with E-state index in [4.69, 9.17) is 18.9 Å². The summed E-state index contributed by atoms with van der Waals surface area (Å²) in [5, 5.41) is 15.5. The number of thiophene rings is 1. The van der Waals surface area contributed by atoms with Gasteiger partial charge in [0.25, 0.3) is 5.04 Å². The number of allylic oxidation sites excluding steroid dienone is 4. The van der Waals surface area contributed by atoms with E-state index in [2.05, 4.69) is 26.3 Å². The van der Waals surface area contributed by atoms with E-state index in [0.29, 0.717) is 39.2 Å². The van der Waals surface area contributed by atoms with Crippen molar-refractivity contribution in [2.45, 2.75) is 40.2 Å². The van der Waals surface area contributed by atoms with Crippen molar-refractivity contribution in [1.29, 1.82) is 0 Å². The van der Waals surface area contributed by atoms with Gasteiger partial charge in [-0.3, -0.25) is 9.59 Å². The van der Waals surface area contributed by atoms with E-state index in [1.165, 1.54) is 13.8 Å². The number of carbonyl (C=O) groups excluding carboxylic acids is 6. The first kappa shape index (κ1) is 47.8. The van der Waals surface area contributed by atoms with E-state index in [-0.39, 0.29) is 60.5 Å². The second-order valence-corrected chi connectivity index (χ2v) is 17.7. The van der Waals surface area contributed by atoms with Crippen LogP contribution in [0.2, 0.25) is 0 Å². The van der Waals surface area contributed by atoms with Gasteiger partial charge < -0.3 is 29.0 Å². The fourth-order valence-corrected chi connectivity index (χ4v) is 8.80. The van der Waals surface area contributed by atoms with E-state index < -0.39 is 47.3 Å². The molecule has 3 aromatic carbocycles. The number of rotatable bonds is 14. The number of nitrogens with zero attached hydrogens (tertiary/aromatic N) is 2. The third kappa shape index (κ3) is 10.4. The summed E-state index contributed by atoms with van der Waals surface area (Å²) in [6, 6.07) is 23.3. The molecule has 1 aromatic heterocycles. The first-order chi connectivity index (χ1) is 32.4. The van der Waals surface area contributed by atoms with E-state index in [1.807, 2.05) is 15.6 Å². The average molecular weight is 947 g/mol. The fraction of sp³-hybridized carbons (Fsp3) is 0.113. The summed E-state index contributed by atoms with van der Waals surface area (Å²) in [6.45, 7) is 20.7. The van der Waals surface area contributed by atoms with Gasteiger partial charge in [0.2, 0.25) is 22.9 Å². The number of benzene rings is 3. The van der Waals surface area contributed by atoms with Crippen molar-refractivity contribution in [2.24, 2.45) is 0 Å². The van der Waals surface area contributed by atoms with Crippen LogP contribution >= 0.6 is 23.1 Å². The molecule has 7 rings (SSSR count). The van der Waals surface area contributed by atoms with Crippen molar-refractivity contribution in [3.05, 3.63) is 191 Å². The second kappa shape index (κ2) is 20.2. The van der Waals surface area contributed by atoms with Gasteiger partial charge in [-0.05, 0) is 118 Å². The van der Waals surface area contributed by atoms with Gasteiger partial charge in [0.15, 0.2) is 0 Å². The summed E-state index contributed by atoms with van der Waals surface area (Å²) < 4.78 is 23.5. The molecule has 0 spiro atoms. The number of Topliss-reactive ketones (excluding diaryl/α,β-unsaturated/α-hetero) is 2. The van der Waals surface area contributed by atoms with Crippen molar-refractivity contribution in [3.63, 3.8) is 0 Å². The van der Waals surface area contributed by atoms with E-state index >= 15 is 0 Å². The summed E-state index contributed by atoms with van der Waals surface area (Å²) in [5.41, 5.74) is 2.90. The van der Waals surface area contributed by atoms with Gasteiger partial charge in [-0.1, -0.05) is 38.2 Å². The topological polar surface area (TPSA) is 169 Å². The Hall–Kier alpha value is -8.14. The highest BCUT2D eigenvalue weighted by atomic mass is 32.2. The minimum Gasteiger partial charge on any atom is -0.871 e. The Labute approximate surface area is 400 Å². The predicted octanol–water partition coefficient (Wildman–Crippen LogP) is 9.38. The maximum atomic E-state index is 14.3. The fourth-order valence-electron chi connectivity index (χ4n) is 6.63. The monoisotopic (exact) mass is 946 g/mol. The summed E-state index contributed by atoms with van der Waals surface area (Å²) in [5.74, 6) is -4.07. The molecule has 0 amide bonds. The SMILES string of the molecule is C=C(C)C(=O)Oc1ccc(N(C2=CCC(OC(=O)C(=C)C)C=C2)c2ccc(C3=C([O-])/C(=C4\C=CC(=[N+](c5ccc(OC(=O)C(=C)C)cc5)c5ccc(OC(=O)C(=C)C)cc5)S4)C(=O)C3=O)s2)cc1. The van der Waals surface area contributed by atoms with Crippen LogP contribution in [0.3, 0.4) is 0 Å². The largest absolute Gasteiger partial charge is 0.871 e. The molecule has 0 saturated carbocycles. The molecule has 13 nitrogen and oxygen atoms in total. The Bertz CT molecular complexity index is 2990. The molecule has 2 aliphatic carbocycles. The van der Waals surface area contributed by atoms with Crippen molar-refractivity contribution >= 4 is 91.2 Å². The Kier molecular flexibility index (Phi) is 14.2. The standard InChI is InChI=1S/C53H42N2O11S2/c1-29(2)50(59)63-37-17-9-33(10-18-37)54(34-11-19-38(20-12-34)64-51(60)30(3)4)43-27-25-41(67-43)45-47(56)46(49(58)48(45)57)42-26-28-44(68-42)55(35-13-21-39(22-14-35)65-52(61)31(5)6)36-15-23-40(24-16-36)66-53(62)32(7)8/h9-23,25-28,40H,1,3,5,7,24H2,2,4,6,8H3. The number of hydrogen-bond donors (Lipinski definition) is 0. The van der Waals surface area contributed by atoms with Crippen molar-refractivity contribution in [2.75, 3.05) is 4.90 Å². The third-order valence-corrected chi connectivity index (χ3v) is 12.3. The zero-order chi connectivity index (χ0) is 49.0. The number of anilines is 2. The van der Waals surface area contributed by atoms with E-state index in [0.717, 1.165) is 23.1 Å². The lowest BCUT2D eigenvalue weighted by molar-refractivity contribution is -0.294. The summed E-state index contributed by atoms with van der Waals surface area (Å²) in [7, 11) is 0. The van der Waals surface area contributed by atoms with Crippen LogP contribution in [0.15, 0.2) is 186 Å². The van der Waals surface area contributed by atoms with Gasteiger partial charge >= 0.3 is 23.9 Å². The first-order valence-electron chi connectivity index (χ1n) is 20.8. The van der Waals surface area contributed by atoms with Gasteiger partial charge in [0.1, 0.15) is 28.4 Å².